The van der Waals surface area contributed by atoms with Crippen molar-refractivity contribution in [1.82, 2.24) is 9.80 Å². The third-order valence-corrected chi connectivity index (χ3v) is 2.66. The van der Waals surface area contributed by atoms with Crippen LogP contribution in [0.5, 0.6) is 0 Å². The molecule has 0 aromatic carbocycles. The van der Waals surface area contributed by atoms with E-state index in [1.54, 1.807) is 11.9 Å². The quantitative estimate of drug-likeness (QED) is 0.629. The van der Waals surface area contributed by atoms with E-state index in [1.807, 2.05) is 11.8 Å². The molecule has 1 saturated heterocycles. The Morgan fingerprint density at radius 1 is 1.57 bits per heavy atom. The van der Waals surface area contributed by atoms with Gasteiger partial charge in [-0.15, -0.1) is 0 Å². The number of piperidine rings is 1. The molecule has 14 heavy (non-hydrogen) atoms. The molecule has 0 unspecified atom stereocenters. The smallest absolute Gasteiger partial charge is 0.409 e. The van der Waals surface area contributed by atoms with E-state index in [2.05, 4.69) is 7.05 Å². The van der Waals surface area contributed by atoms with Crippen molar-refractivity contribution in [3.63, 3.8) is 0 Å². The van der Waals surface area contributed by atoms with E-state index in [1.165, 1.54) is 0 Å². The molecule has 0 aliphatic carbocycles. The molecule has 0 aromatic heterocycles. The summed E-state index contributed by atoms with van der Waals surface area (Å²) < 4.78 is 4.94. The third-order valence-electron chi connectivity index (χ3n) is 2.66. The van der Waals surface area contributed by atoms with Gasteiger partial charge in [0, 0.05) is 13.1 Å². The molecule has 0 saturated carbocycles. The van der Waals surface area contributed by atoms with Gasteiger partial charge in [0.05, 0.1) is 6.61 Å². The van der Waals surface area contributed by atoms with Crippen molar-refractivity contribution in [3.8, 4) is 0 Å². The second kappa shape index (κ2) is 5.20. The predicted octanol–water partition coefficient (Wildman–Crippen LogP) is 1.33. The summed E-state index contributed by atoms with van der Waals surface area (Å²) in [4.78, 5) is 15.1. The van der Waals surface area contributed by atoms with Gasteiger partial charge in [-0.25, -0.2) is 4.79 Å². The van der Waals surface area contributed by atoms with Crippen molar-refractivity contribution >= 4 is 6.09 Å². The first-order chi connectivity index (χ1) is 6.65. The van der Waals surface area contributed by atoms with Crippen LogP contribution >= 0.6 is 0 Å². The summed E-state index contributed by atoms with van der Waals surface area (Å²) in [5.41, 5.74) is 0. The summed E-state index contributed by atoms with van der Waals surface area (Å²) >= 11 is 0. The zero-order valence-electron chi connectivity index (χ0n) is 9.03. The average molecular weight is 199 g/mol. The highest BCUT2D eigenvalue weighted by molar-refractivity contribution is 5.67. The third kappa shape index (κ3) is 2.87. The van der Waals surface area contributed by atoms with Crippen molar-refractivity contribution < 1.29 is 9.53 Å². The molecule has 0 aromatic rings. The SMILES string of the molecule is [CH2-]N1CCC(N(C)C(=O)OCC)CC1. The molecule has 4 heteroatoms. The number of rotatable bonds is 2. The maximum atomic E-state index is 11.4. The largest absolute Gasteiger partial charge is 0.459 e. The fourth-order valence-electron chi connectivity index (χ4n) is 1.68. The zero-order valence-corrected chi connectivity index (χ0v) is 9.03. The highest BCUT2D eigenvalue weighted by Gasteiger charge is 2.22. The van der Waals surface area contributed by atoms with Gasteiger partial charge in [-0.05, 0) is 32.9 Å². The maximum Gasteiger partial charge on any atom is 0.409 e. The summed E-state index contributed by atoms with van der Waals surface area (Å²) in [6, 6.07) is 0.312. The average Bonchev–Trinajstić information content (AvgIpc) is 2.18. The number of hydrogen-bond donors (Lipinski definition) is 0. The Kier molecular flexibility index (Phi) is 4.20. The number of likely N-dealkylation sites (tertiary alicyclic amines) is 1. The van der Waals surface area contributed by atoms with E-state index in [9.17, 15) is 4.79 Å². The minimum Gasteiger partial charge on any atom is -0.459 e. The first-order valence-electron chi connectivity index (χ1n) is 5.10. The van der Waals surface area contributed by atoms with Gasteiger partial charge >= 0.3 is 6.09 Å². The molecule has 0 atom stereocenters. The van der Waals surface area contributed by atoms with Gasteiger partial charge in [0.1, 0.15) is 0 Å². The van der Waals surface area contributed by atoms with Crippen LogP contribution in [-0.4, -0.2) is 48.7 Å². The fourth-order valence-corrected chi connectivity index (χ4v) is 1.68. The summed E-state index contributed by atoms with van der Waals surface area (Å²) in [7, 11) is 5.68. The zero-order chi connectivity index (χ0) is 10.6. The lowest BCUT2D eigenvalue weighted by Crippen LogP contribution is -2.44. The van der Waals surface area contributed by atoms with Crippen molar-refractivity contribution in [2.45, 2.75) is 25.8 Å². The Labute approximate surface area is 85.8 Å². The summed E-state index contributed by atoms with van der Waals surface area (Å²) in [6.45, 7) is 4.17. The van der Waals surface area contributed by atoms with Gasteiger partial charge in [0.15, 0.2) is 0 Å². The van der Waals surface area contributed by atoms with Crippen LogP contribution in [0.3, 0.4) is 0 Å². The molecule has 1 amide bonds. The number of hydrogen-bond acceptors (Lipinski definition) is 3. The molecular formula is C10H19N2O2-. The Hall–Kier alpha value is -0.770. The van der Waals surface area contributed by atoms with Gasteiger partial charge in [-0.1, -0.05) is 0 Å². The minimum atomic E-state index is -0.213. The Morgan fingerprint density at radius 2 is 2.14 bits per heavy atom. The first-order valence-corrected chi connectivity index (χ1v) is 5.10. The molecule has 1 fully saturated rings. The number of ether oxygens (including phenoxy) is 1. The summed E-state index contributed by atoms with van der Waals surface area (Å²) in [6.07, 6.45) is 1.76. The van der Waals surface area contributed by atoms with Crippen LogP contribution in [0.1, 0.15) is 19.8 Å². The van der Waals surface area contributed by atoms with E-state index in [4.69, 9.17) is 4.74 Å². The van der Waals surface area contributed by atoms with E-state index >= 15 is 0 Å². The molecule has 1 aliphatic rings. The molecule has 0 spiro atoms. The van der Waals surface area contributed by atoms with Crippen LogP contribution in [0.4, 0.5) is 4.79 Å². The lowest BCUT2D eigenvalue weighted by atomic mass is 10.0. The van der Waals surface area contributed by atoms with Gasteiger partial charge < -0.3 is 14.5 Å². The highest BCUT2D eigenvalue weighted by Crippen LogP contribution is 2.15. The fraction of sp³-hybridized carbons (Fsp3) is 0.800. The molecular weight excluding hydrogens is 180 g/mol. The topological polar surface area (TPSA) is 32.8 Å². The van der Waals surface area contributed by atoms with Crippen molar-refractivity contribution in [3.05, 3.63) is 7.05 Å². The van der Waals surface area contributed by atoms with Gasteiger partial charge in [0.25, 0.3) is 0 Å². The van der Waals surface area contributed by atoms with Crippen LogP contribution in [0.25, 0.3) is 0 Å². The monoisotopic (exact) mass is 199 g/mol. The van der Waals surface area contributed by atoms with Crippen molar-refractivity contribution in [1.29, 1.82) is 0 Å². The van der Waals surface area contributed by atoms with Crippen LogP contribution in [0.15, 0.2) is 0 Å². The Balaban J connectivity index is 2.37. The van der Waals surface area contributed by atoms with Crippen LogP contribution in [-0.2, 0) is 4.74 Å². The van der Waals surface area contributed by atoms with E-state index in [0.717, 1.165) is 25.9 Å². The second-order valence-corrected chi connectivity index (χ2v) is 3.66. The van der Waals surface area contributed by atoms with Crippen molar-refractivity contribution in [2.24, 2.45) is 0 Å². The molecule has 0 N–H and O–H groups in total. The lowest BCUT2D eigenvalue weighted by Gasteiger charge is -2.38. The van der Waals surface area contributed by atoms with E-state index < -0.39 is 0 Å². The van der Waals surface area contributed by atoms with Crippen LogP contribution < -0.4 is 0 Å². The second-order valence-electron chi connectivity index (χ2n) is 3.66. The number of carbonyl (C=O) groups excluding carboxylic acids is 1. The Morgan fingerprint density at radius 3 is 2.64 bits per heavy atom. The van der Waals surface area contributed by atoms with E-state index in [0.29, 0.717) is 12.6 Å². The van der Waals surface area contributed by atoms with Gasteiger partial charge in [-0.2, -0.15) is 0 Å². The number of nitrogens with zero attached hydrogens (tertiary/aromatic N) is 2. The van der Waals surface area contributed by atoms with E-state index in [-0.39, 0.29) is 6.09 Å². The molecule has 82 valence electrons. The molecule has 1 rings (SSSR count). The number of carbonyl (C=O) groups is 1. The summed E-state index contributed by atoms with van der Waals surface area (Å²) in [5, 5.41) is 0. The van der Waals surface area contributed by atoms with Crippen molar-refractivity contribution in [2.75, 3.05) is 26.7 Å². The van der Waals surface area contributed by atoms with Gasteiger partial charge in [-0.3, -0.25) is 7.05 Å². The van der Waals surface area contributed by atoms with Gasteiger partial charge in [0.2, 0.25) is 0 Å². The lowest BCUT2D eigenvalue weighted by molar-refractivity contribution is 0.0863. The molecule has 1 aliphatic heterocycles. The number of amides is 1. The van der Waals surface area contributed by atoms with Crippen LogP contribution in [0, 0.1) is 7.05 Å². The molecule has 4 nitrogen and oxygen atoms in total. The normalized spacial score (nSPS) is 19.4. The first kappa shape index (κ1) is 11.3. The molecule has 0 radical (unpaired) electrons. The predicted molar refractivity (Wildman–Crippen MR) is 54.7 cm³/mol. The summed E-state index contributed by atoms with van der Waals surface area (Å²) in [5.74, 6) is 0. The standard InChI is InChI=1S/C10H19N2O2/c1-4-14-10(13)12(3)9-5-7-11(2)8-6-9/h9H,2,4-8H2,1,3H3/q-1. The minimum absolute atomic E-state index is 0.213. The highest BCUT2D eigenvalue weighted by atomic mass is 16.6. The Bertz CT molecular complexity index is 189. The molecule has 0 bridgehead atoms. The maximum absolute atomic E-state index is 11.4. The van der Waals surface area contributed by atoms with Crippen LogP contribution in [0.2, 0.25) is 0 Å². The molecule has 1 heterocycles.